The van der Waals surface area contributed by atoms with E-state index in [1.165, 1.54) is 0 Å². The molecule has 4 aromatic carbocycles. The molecule has 11 atom stereocenters. The fourth-order valence-corrected chi connectivity index (χ4v) is 12.9. The number of aliphatic hydroxyl groups is 1. The standard InChI is InChI=1S/C75H103N19O16S/c1-7-17-52(65(102)88-57(38-95)69(106)94-74(109)89-53(25-16-29-81-73(79)80)66(103)86-54(61(77)98)34-58(96)97)85-67(104)55(32-42-26-27-43-18-8-9-19-44(43)31-42)90-75(110)111-72(62(78)99)93-71(108)60(40(4)5)92-68(105)56(33-47-37-83-51-24-13-11-22-49(47)51)87-64(101)45(20-14-15-28-76)35-84-70(107)59(39(2)3)91-63(100)41(6)30-46-36-82-50-23-12-10-21-48(46)50/h8-13,18-19,21-24,26-27,31,36-37,39-41,45,52-57,59-60,72,82-83,95H,7,14-17,20,25,28-30,32-35,38,76H2,1-6H3,(H2,77,98)(H2,78,99)(H,84,107)(H,85,104)(H,86,103)(H,87,101)(H,88,102)(H,90,110)(H,91,100)(H,92,105)(H,93,108)(H,96,97)(H4,79,80,81)(H2,89,94,106,109)/t41-,45+,52-,53-,54-,55-,56-,57-,59+,60-,72-/m0/s1. The van der Waals surface area contributed by atoms with Crippen LogP contribution in [0.1, 0.15) is 110 Å². The number of hydrogen-bond acceptors (Lipinski definition) is 18. The zero-order valence-corrected chi connectivity index (χ0v) is 63.6. The zero-order chi connectivity index (χ0) is 81.6. The normalized spacial score (nSPS) is 14.3. The number of fused-ring (bicyclic) bond motifs is 3. The van der Waals surface area contributed by atoms with Crippen molar-refractivity contribution in [3.63, 3.8) is 0 Å². The minimum absolute atomic E-state index is 0.00742. The highest BCUT2D eigenvalue weighted by Gasteiger charge is 2.37. The Balaban J connectivity index is 1.17. The van der Waals surface area contributed by atoms with E-state index in [2.05, 4.69) is 68.5 Å². The number of aromatic nitrogens is 2. The van der Waals surface area contributed by atoms with Crippen LogP contribution in [0.15, 0.2) is 103 Å². The minimum atomic E-state index is -1.89. The largest absolute Gasteiger partial charge is 0.481 e. The number of guanidine groups is 1. The van der Waals surface area contributed by atoms with Crippen LogP contribution in [0, 0.1) is 29.1 Å². The van der Waals surface area contributed by atoms with Gasteiger partial charge < -0.3 is 102 Å². The van der Waals surface area contributed by atoms with Crippen molar-refractivity contribution in [2.75, 3.05) is 26.2 Å². The van der Waals surface area contributed by atoms with Gasteiger partial charge in [-0.3, -0.25) is 73.1 Å². The second-order valence-corrected chi connectivity index (χ2v) is 28.8. The number of benzene rings is 4. The van der Waals surface area contributed by atoms with Gasteiger partial charge in [-0.1, -0.05) is 133 Å². The summed E-state index contributed by atoms with van der Waals surface area (Å²) in [5.41, 5.74) is 26.0. The molecule has 14 amide bonds. The van der Waals surface area contributed by atoms with Crippen molar-refractivity contribution < 1.29 is 77.3 Å². The molecule has 0 bridgehead atoms. The molecule has 0 unspecified atom stereocenters. The van der Waals surface area contributed by atoms with Crippen molar-refractivity contribution >= 4 is 133 Å². The van der Waals surface area contributed by atoms with Crippen LogP contribution in [-0.4, -0.2) is 188 Å². The summed E-state index contributed by atoms with van der Waals surface area (Å²) in [7, 11) is 0. The molecule has 111 heavy (non-hydrogen) atoms. The van der Waals surface area contributed by atoms with Gasteiger partial charge in [-0.25, -0.2) is 4.79 Å². The molecule has 0 saturated heterocycles. The van der Waals surface area contributed by atoms with Crippen molar-refractivity contribution in [1.29, 1.82) is 5.41 Å². The number of carboxylic acid groups (broad SMARTS) is 1. The molecule has 6 aromatic rings. The number of amides is 14. The fraction of sp³-hybridized carbons (Fsp3) is 0.453. The molecule has 600 valence electrons. The maximum Gasteiger partial charge on any atom is 0.322 e. The Morgan fingerprint density at radius 2 is 1.05 bits per heavy atom. The van der Waals surface area contributed by atoms with Gasteiger partial charge in [0.05, 0.1) is 18.9 Å². The van der Waals surface area contributed by atoms with E-state index in [1.807, 2.05) is 66.1 Å². The lowest BCUT2D eigenvalue weighted by Gasteiger charge is -2.28. The molecular weight excluding hydrogens is 1460 g/mol. The van der Waals surface area contributed by atoms with Crippen LogP contribution in [0.2, 0.25) is 0 Å². The van der Waals surface area contributed by atoms with Crippen molar-refractivity contribution in [1.82, 2.24) is 73.8 Å². The molecule has 2 heterocycles. The Hall–Kier alpha value is -11.7. The van der Waals surface area contributed by atoms with Gasteiger partial charge in [0.25, 0.3) is 17.1 Å². The van der Waals surface area contributed by atoms with Crippen LogP contribution < -0.4 is 86.7 Å². The average Bonchev–Trinajstić information content (AvgIpc) is 1.75. The monoisotopic (exact) mass is 1560 g/mol. The number of aromatic amines is 2. The van der Waals surface area contributed by atoms with E-state index in [4.69, 9.17) is 28.3 Å². The maximum atomic E-state index is 14.9. The number of hydrogen-bond donors (Lipinski definition) is 21. The van der Waals surface area contributed by atoms with E-state index in [-0.39, 0.29) is 81.6 Å². The quantitative estimate of drug-likeness (QED) is 0.0107. The molecule has 0 aliphatic heterocycles. The van der Waals surface area contributed by atoms with Crippen molar-refractivity contribution in [2.45, 2.75) is 166 Å². The van der Waals surface area contributed by atoms with Crippen molar-refractivity contribution in [3.8, 4) is 0 Å². The third-order valence-corrected chi connectivity index (χ3v) is 19.2. The van der Waals surface area contributed by atoms with Crippen LogP contribution in [0.25, 0.3) is 32.6 Å². The number of para-hydroxylation sites is 2. The number of carbonyl (C=O) groups excluding carboxylic acids is 13. The lowest BCUT2D eigenvalue weighted by molar-refractivity contribution is -0.140. The lowest BCUT2D eigenvalue weighted by atomic mass is 9.96. The van der Waals surface area contributed by atoms with Gasteiger partial charge in [0.15, 0.2) is 11.3 Å². The predicted molar refractivity (Wildman–Crippen MR) is 416 cm³/mol. The van der Waals surface area contributed by atoms with Gasteiger partial charge in [0.1, 0.15) is 48.3 Å². The Morgan fingerprint density at radius 3 is 1.63 bits per heavy atom. The molecule has 35 nitrogen and oxygen atoms in total. The number of unbranched alkanes of at least 4 members (excludes halogenated alkanes) is 1. The van der Waals surface area contributed by atoms with Gasteiger partial charge in [-0.2, -0.15) is 0 Å². The Morgan fingerprint density at radius 1 is 0.505 bits per heavy atom. The third-order valence-electron chi connectivity index (χ3n) is 18.3. The number of primary amides is 2. The molecule has 0 radical (unpaired) electrons. The minimum Gasteiger partial charge on any atom is -0.481 e. The summed E-state index contributed by atoms with van der Waals surface area (Å²) in [4.78, 5) is 198. The molecule has 0 spiro atoms. The summed E-state index contributed by atoms with van der Waals surface area (Å²) < 4.78 is 0. The molecule has 0 saturated carbocycles. The molecule has 0 fully saturated rings. The number of carbonyl (C=O) groups is 14. The van der Waals surface area contributed by atoms with E-state index in [9.17, 15) is 77.3 Å². The maximum absolute atomic E-state index is 14.9. The van der Waals surface area contributed by atoms with Crippen LogP contribution in [0.5, 0.6) is 0 Å². The van der Waals surface area contributed by atoms with E-state index >= 15 is 0 Å². The average molecular weight is 1560 g/mol. The molecular formula is C75H103N19O16S. The molecule has 0 aliphatic rings. The smallest absolute Gasteiger partial charge is 0.322 e. The number of urea groups is 1. The molecule has 25 N–H and O–H groups in total. The first-order chi connectivity index (χ1) is 52.8. The van der Waals surface area contributed by atoms with Gasteiger partial charge in [-0.05, 0) is 108 Å². The highest BCUT2D eigenvalue weighted by molar-refractivity contribution is 8.14. The van der Waals surface area contributed by atoms with Gasteiger partial charge in [-0.15, -0.1) is 0 Å². The first-order valence-corrected chi connectivity index (χ1v) is 37.4. The zero-order valence-electron chi connectivity index (χ0n) is 62.8. The van der Waals surface area contributed by atoms with Crippen molar-refractivity contribution in [2.24, 2.45) is 46.6 Å². The summed E-state index contributed by atoms with van der Waals surface area (Å²) >= 11 is 0.173. The lowest BCUT2D eigenvalue weighted by Crippen LogP contribution is -2.60. The number of nitrogens with one attached hydrogen (secondary N) is 15. The van der Waals surface area contributed by atoms with Crippen LogP contribution in [0.4, 0.5) is 9.59 Å². The van der Waals surface area contributed by atoms with E-state index in [1.54, 1.807) is 84.1 Å². The molecule has 36 heteroatoms. The molecule has 0 aliphatic carbocycles. The summed E-state index contributed by atoms with van der Waals surface area (Å²) in [5, 5.41) is 57.2. The number of aliphatic hydroxyl groups excluding tert-OH is 1. The number of carboxylic acids is 1. The number of rotatable bonds is 44. The van der Waals surface area contributed by atoms with Crippen LogP contribution >= 0.6 is 11.8 Å². The highest BCUT2D eigenvalue weighted by Crippen LogP contribution is 2.24. The summed E-state index contributed by atoms with van der Waals surface area (Å²) in [6.45, 7) is 9.15. The van der Waals surface area contributed by atoms with Gasteiger partial charge >= 0.3 is 12.0 Å². The number of nitrogens with two attached hydrogens (primary N) is 4. The number of aliphatic carboxylic acids is 1. The highest BCUT2D eigenvalue weighted by atomic mass is 32.2. The van der Waals surface area contributed by atoms with Crippen LogP contribution in [-0.2, 0) is 76.8 Å². The topological polar surface area (TPSA) is 583 Å². The number of thioether (sulfide) groups is 1. The molecule has 2 aromatic heterocycles. The van der Waals surface area contributed by atoms with Crippen molar-refractivity contribution in [3.05, 3.63) is 120 Å². The first-order valence-electron chi connectivity index (χ1n) is 36.6. The number of H-pyrrole nitrogens is 2. The second kappa shape index (κ2) is 43.5. The Bertz CT molecular complexity index is 4300. The van der Waals surface area contributed by atoms with E-state index in [0.29, 0.717) is 36.9 Å². The molecule has 6 rings (SSSR count). The summed E-state index contributed by atoms with van der Waals surface area (Å²) in [6, 6.07) is 14.0. The summed E-state index contributed by atoms with van der Waals surface area (Å²) in [5.74, 6) is -14.7. The van der Waals surface area contributed by atoms with Crippen LogP contribution in [0.3, 0.4) is 0 Å². The summed E-state index contributed by atoms with van der Waals surface area (Å²) in [6.07, 6.45) is 3.75. The Kier molecular flexibility index (Phi) is 34.6. The Labute approximate surface area is 645 Å². The first kappa shape index (κ1) is 88.2. The van der Waals surface area contributed by atoms with Gasteiger partial charge in [0, 0.05) is 66.0 Å². The SMILES string of the molecule is CCC[C@H](NC(=O)[C@H](Cc1ccc2ccccc2c1)NC(=O)S[C@H](NC(=O)[C@@H](NC(=O)[C@H](Cc1c[nH]c2ccccc12)NC(=O)[C@H](CCCCN)CNC(=O)[C@H](NC(=O)[C@@H](C)Cc1c[nH]c2ccccc12)C(C)C)C(C)C)C(N)=O)C(=O)N[C@@H](CO)C(=O)NC(=O)N[C@@H](CCCNC(=N)N)C(=O)N[C@@H](CC(=O)O)C(N)=O. The number of imide groups is 1. The fourth-order valence-electron chi connectivity index (χ4n) is 12.2. The van der Waals surface area contributed by atoms with Gasteiger partial charge in [0.2, 0.25) is 53.2 Å². The van der Waals surface area contributed by atoms with E-state index in [0.717, 1.165) is 38.1 Å². The van der Waals surface area contributed by atoms with E-state index < -0.39 is 167 Å². The second-order valence-electron chi connectivity index (χ2n) is 27.7. The predicted octanol–water partition coefficient (Wildman–Crippen LogP) is 0.498. The third kappa shape index (κ3) is 27.5.